The molecule has 184 valence electrons. The molecule has 5 nitrogen and oxygen atoms in total. The summed E-state index contributed by atoms with van der Waals surface area (Å²) in [5, 5.41) is 4.02. The average molecular weight is 484 g/mol. The number of hydrogen-bond acceptors (Lipinski definition) is 3. The lowest BCUT2D eigenvalue weighted by Crippen LogP contribution is -2.54. The largest absolute Gasteiger partial charge is 0.326 e. The van der Waals surface area contributed by atoms with Gasteiger partial charge in [0.2, 0.25) is 11.8 Å². The summed E-state index contributed by atoms with van der Waals surface area (Å²) in [6.45, 7) is 6.86. The number of anilines is 1. The highest BCUT2D eigenvalue weighted by Crippen LogP contribution is 2.67. The maximum atomic E-state index is 13.0. The highest BCUT2D eigenvalue weighted by Gasteiger charge is 2.60. The Balaban J connectivity index is 1.34. The minimum absolute atomic E-state index is 0.0161. The van der Waals surface area contributed by atoms with Gasteiger partial charge in [0, 0.05) is 53.6 Å². The standard InChI is InChI=1S/C28H38ClN3O2/c1-5-18-15-19(10-13-30-18)31-24(33)14-17-6-7-21-20-16-23(29)26-28(3,12-9-25(34)32(26)4)22(20)8-11-27(17,21)2/h10,13,15,17,20-22H,5-9,11-12,14,16H2,1-4H3,(H,30,31,33). The number of carbonyl (C=O) groups excluding carboxylic acids is 2. The molecule has 2 heterocycles. The predicted molar refractivity (Wildman–Crippen MR) is 135 cm³/mol. The molecule has 6 heteroatoms. The maximum Gasteiger partial charge on any atom is 0.226 e. The molecule has 1 aromatic rings. The van der Waals surface area contributed by atoms with Gasteiger partial charge < -0.3 is 10.2 Å². The van der Waals surface area contributed by atoms with Crippen molar-refractivity contribution < 1.29 is 9.59 Å². The van der Waals surface area contributed by atoms with Crippen molar-refractivity contribution in [3.05, 3.63) is 34.8 Å². The third kappa shape index (κ3) is 3.70. The van der Waals surface area contributed by atoms with Crippen LogP contribution in [0.5, 0.6) is 0 Å². The van der Waals surface area contributed by atoms with Gasteiger partial charge in [-0.3, -0.25) is 14.6 Å². The normalized spacial score (nSPS) is 37.2. The first-order valence-corrected chi connectivity index (χ1v) is 13.5. The number of pyridine rings is 1. The van der Waals surface area contributed by atoms with Gasteiger partial charge in [-0.25, -0.2) is 0 Å². The second kappa shape index (κ2) is 8.65. The van der Waals surface area contributed by atoms with E-state index >= 15 is 0 Å². The van der Waals surface area contributed by atoms with Crippen LogP contribution >= 0.6 is 11.6 Å². The molecule has 1 aliphatic heterocycles. The van der Waals surface area contributed by atoms with Crippen LogP contribution in [-0.2, 0) is 16.0 Å². The Morgan fingerprint density at radius 3 is 2.79 bits per heavy atom. The first-order chi connectivity index (χ1) is 16.2. The van der Waals surface area contributed by atoms with E-state index in [0.717, 1.165) is 60.6 Å². The number of aryl methyl sites for hydroxylation is 1. The fraction of sp³-hybridized carbons (Fsp3) is 0.679. The second-order valence-corrected chi connectivity index (χ2v) is 12.1. The molecule has 6 unspecified atom stereocenters. The van der Waals surface area contributed by atoms with E-state index in [-0.39, 0.29) is 22.6 Å². The summed E-state index contributed by atoms with van der Waals surface area (Å²) in [6, 6.07) is 3.85. The number of piperidine rings is 1. The van der Waals surface area contributed by atoms with E-state index < -0.39 is 0 Å². The summed E-state index contributed by atoms with van der Waals surface area (Å²) in [4.78, 5) is 31.6. The molecule has 2 amide bonds. The van der Waals surface area contributed by atoms with Crippen LogP contribution in [0.2, 0.25) is 0 Å². The summed E-state index contributed by atoms with van der Waals surface area (Å²) in [7, 11) is 1.90. The molecule has 3 aliphatic carbocycles. The summed E-state index contributed by atoms with van der Waals surface area (Å²) < 4.78 is 0. The van der Waals surface area contributed by atoms with Crippen LogP contribution in [-0.4, -0.2) is 28.7 Å². The Hall–Kier alpha value is -1.88. The molecule has 34 heavy (non-hydrogen) atoms. The van der Waals surface area contributed by atoms with E-state index in [2.05, 4.69) is 31.1 Å². The Morgan fingerprint density at radius 1 is 1.24 bits per heavy atom. The molecular formula is C28H38ClN3O2. The zero-order valence-corrected chi connectivity index (χ0v) is 21.8. The first kappa shape index (κ1) is 23.8. The predicted octanol–water partition coefficient (Wildman–Crippen LogP) is 6.14. The van der Waals surface area contributed by atoms with Crippen LogP contribution in [0.4, 0.5) is 5.69 Å². The molecule has 0 aromatic carbocycles. The van der Waals surface area contributed by atoms with Crippen LogP contribution in [0, 0.1) is 34.5 Å². The van der Waals surface area contributed by atoms with Gasteiger partial charge in [-0.1, -0.05) is 32.4 Å². The number of fused-ring (bicyclic) bond motifs is 5. The van der Waals surface area contributed by atoms with Crippen molar-refractivity contribution in [1.82, 2.24) is 9.88 Å². The van der Waals surface area contributed by atoms with Crippen molar-refractivity contribution in [3.8, 4) is 0 Å². The molecular weight excluding hydrogens is 446 g/mol. The molecule has 0 bridgehead atoms. The smallest absolute Gasteiger partial charge is 0.226 e. The number of nitrogens with one attached hydrogen (secondary N) is 1. The topological polar surface area (TPSA) is 62.3 Å². The number of halogens is 1. The highest BCUT2D eigenvalue weighted by molar-refractivity contribution is 6.30. The van der Waals surface area contributed by atoms with Crippen molar-refractivity contribution in [2.24, 2.45) is 34.5 Å². The van der Waals surface area contributed by atoms with Gasteiger partial charge in [0.05, 0.1) is 0 Å². The number of allylic oxidation sites excluding steroid dienone is 2. The molecule has 1 aromatic heterocycles. The van der Waals surface area contributed by atoms with Crippen LogP contribution < -0.4 is 5.32 Å². The van der Waals surface area contributed by atoms with Gasteiger partial charge in [-0.05, 0) is 86.2 Å². The van der Waals surface area contributed by atoms with Crippen molar-refractivity contribution >= 4 is 29.1 Å². The third-order valence-corrected chi connectivity index (χ3v) is 10.5. The first-order valence-electron chi connectivity index (χ1n) is 13.1. The molecule has 4 aliphatic rings. The zero-order chi connectivity index (χ0) is 24.3. The molecule has 6 atom stereocenters. The van der Waals surface area contributed by atoms with Crippen molar-refractivity contribution in [1.29, 1.82) is 0 Å². The fourth-order valence-corrected chi connectivity index (χ4v) is 8.83. The second-order valence-electron chi connectivity index (χ2n) is 11.7. The van der Waals surface area contributed by atoms with Crippen LogP contribution in [0.3, 0.4) is 0 Å². The average Bonchev–Trinajstić information content (AvgIpc) is 3.13. The Morgan fingerprint density at radius 2 is 2.03 bits per heavy atom. The molecule has 1 saturated heterocycles. The lowest BCUT2D eigenvalue weighted by molar-refractivity contribution is -0.136. The molecule has 5 rings (SSSR count). The molecule has 2 saturated carbocycles. The quantitative estimate of drug-likeness (QED) is 0.559. The number of hydrogen-bond donors (Lipinski definition) is 1. The lowest BCUT2D eigenvalue weighted by Gasteiger charge is -2.59. The number of nitrogens with zero attached hydrogens (tertiary/aromatic N) is 2. The van der Waals surface area contributed by atoms with Crippen LogP contribution in [0.25, 0.3) is 0 Å². The summed E-state index contributed by atoms with van der Waals surface area (Å²) in [6.07, 6.45) is 10.2. The Labute approximate surface area is 208 Å². The highest BCUT2D eigenvalue weighted by atomic mass is 35.5. The molecule has 1 N–H and O–H groups in total. The number of likely N-dealkylation sites (tertiary alicyclic amines) is 1. The van der Waals surface area contributed by atoms with Gasteiger partial charge in [0.25, 0.3) is 0 Å². The number of carbonyl (C=O) groups is 2. The Bertz CT molecular complexity index is 1040. The molecule has 3 fully saturated rings. The SMILES string of the molecule is CCc1cc(NC(=O)CC2CCC3C4CC(Cl)=C5N(C)C(=O)CCC5(C)C4CCC23C)ccn1. The minimum atomic E-state index is -0.0161. The monoisotopic (exact) mass is 483 g/mol. The van der Waals surface area contributed by atoms with E-state index in [0.29, 0.717) is 36.5 Å². The summed E-state index contributed by atoms with van der Waals surface area (Å²) in [5.74, 6) is 2.41. The number of rotatable bonds is 4. The molecule has 0 spiro atoms. The van der Waals surface area contributed by atoms with Crippen molar-refractivity contribution in [2.75, 3.05) is 12.4 Å². The van der Waals surface area contributed by atoms with Gasteiger partial charge >= 0.3 is 0 Å². The van der Waals surface area contributed by atoms with Crippen molar-refractivity contribution in [2.45, 2.75) is 78.6 Å². The number of aromatic nitrogens is 1. The summed E-state index contributed by atoms with van der Waals surface area (Å²) >= 11 is 6.95. The van der Waals surface area contributed by atoms with Crippen LogP contribution in [0.15, 0.2) is 29.1 Å². The van der Waals surface area contributed by atoms with Gasteiger partial charge in [-0.2, -0.15) is 0 Å². The van der Waals surface area contributed by atoms with E-state index in [1.807, 2.05) is 24.1 Å². The summed E-state index contributed by atoms with van der Waals surface area (Å²) in [5.41, 5.74) is 3.09. The minimum Gasteiger partial charge on any atom is -0.326 e. The fourth-order valence-electron chi connectivity index (χ4n) is 8.31. The Kier molecular flexibility index (Phi) is 6.07. The lowest BCUT2D eigenvalue weighted by atomic mass is 9.49. The maximum absolute atomic E-state index is 13.0. The van der Waals surface area contributed by atoms with E-state index in [4.69, 9.17) is 11.6 Å². The van der Waals surface area contributed by atoms with E-state index in [1.165, 1.54) is 6.42 Å². The van der Waals surface area contributed by atoms with E-state index in [1.54, 1.807) is 6.20 Å². The third-order valence-electron chi connectivity index (χ3n) is 10.1. The van der Waals surface area contributed by atoms with Gasteiger partial charge in [0.15, 0.2) is 0 Å². The van der Waals surface area contributed by atoms with Gasteiger partial charge in [0.1, 0.15) is 0 Å². The van der Waals surface area contributed by atoms with E-state index in [9.17, 15) is 9.59 Å². The van der Waals surface area contributed by atoms with Crippen molar-refractivity contribution in [3.63, 3.8) is 0 Å². The molecule has 0 radical (unpaired) electrons. The zero-order valence-electron chi connectivity index (χ0n) is 21.0. The van der Waals surface area contributed by atoms with Gasteiger partial charge in [-0.15, -0.1) is 0 Å². The number of amides is 2. The van der Waals surface area contributed by atoms with Crippen LogP contribution in [0.1, 0.15) is 77.8 Å².